The summed E-state index contributed by atoms with van der Waals surface area (Å²) >= 11 is 0. The van der Waals surface area contributed by atoms with Crippen molar-refractivity contribution in [1.29, 1.82) is 0 Å². The van der Waals surface area contributed by atoms with E-state index >= 15 is 0 Å². The fourth-order valence-electron chi connectivity index (χ4n) is 2.58. The number of aliphatic hydroxyl groups is 1. The highest BCUT2D eigenvalue weighted by Crippen LogP contribution is 2.25. The Hall–Kier alpha value is -1.35. The number of carbonyl (C=O) groups excluding carboxylic acids is 1. The lowest BCUT2D eigenvalue weighted by Crippen LogP contribution is -2.28. The SMILES string of the molecule is CCC(=O)c1ccc(N2CCCC(C)(O)CC2)cc1. The van der Waals surface area contributed by atoms with Crippen molar-refractivity contribution in [1.82, 2.24) is 0 Å². The van der Waals surface area contributed by atoms with E-state index in [4.69, 9.17) is 0 Å². The van der Waals surface area contributed by atoms with Crippen molar-refractivity contribution in [3.8, 4) is 0 Å². The van der Waals surface area contributed by atoms with E-state index in [0.29, 0.717) is 6.42 Å². The van der Waals surface area contributed by atoms with Crippen molar-refractivity contribution in [2.75, 3.05) is 18.0 Å². The van der Waals surface area contributed by atoms with Crippen molar-refractivity contribution in [3.05, 3.63) is 29.8 Å². The van der Waals surface area contributed by atoms with E-state index in [1.165, 1.54) is 0 Å². The zero-order chi connectivity index (χ0) is 13.9. The Bertz CT molecular complexity index is 437. The summed E-state index contributed by atoms with van der Waals surface area (Å²) in [7, 11) is 0. The van der Waals surface area contributed by atoms with Gasteiger partial charge in [0, 0.05) is 30.8 Å². The first-order chi connectivity index (χ1) is 9.02. The maximum atomic E-state index is 11.6. The summed E-state index contributed by atoms with van der Waals surface area (Å²) in [6.45, 7) is 5.64. The van der Waals surface area contributed by atoms with Crippen LogP contribution in [0.25, 0.3) is 0 Å². The quantitative estimate of drug-likeness (QED) is 0.850. The van der Waals surface area contributed by atoms with E-state index in [0.717, 1.165) is 43.6 Å². The number of hydrogen-bond donors (Lipinski definition) is 1. The van der Waals surface area contributed by atoms with Gasteiger partial charge in [-0.25, -0.2) is 0 Å². The van der Waals surface area contributed by atoms with E-state index in [-0.39, 0.29) is 5.78 Å². The molecule has 3 heteroatoms. The summed E-state index contributed by atoms with van der Waals surface area (Å²) < 4.78 is 0. The van der Waals surface area contributed by atoms with Crippen molar-refractivity contribution in [2.24, 2.45) is 0 Å². The smallest absolute Gasteiger partial charge is 0.162 e. The molecule has 1 aliphatic rings. The second kappa shape index (κ2) is 5.74. The van der Waals surface area contributed by atoms with Crippen LogP contribution in [-0.4, -0.2) is 29.6 Å². The molecule has 1 saturated heterocycles. The van der Waals surface area contributed by atoms with Crippen LogP contribution in [0, 0.1) is 0 Å². The molecule has 104 valence electrons. The predicted molar refractivity (Wildman–Crippen MR) is 77.8 cm³/mol. The minimum Gasteiger partial charge on any atom is -0.390 e. The molecule has 2 rings (SSSR count). The number of hydrogen-bond acceptors (Lipinski definition) is 3. The molecule has 1 atom stereocenters. The predicted octanol–water partition coefficient (Wildman–Crippen LogP) is 3.02. The zero-order valence-corrected chi connectivity index (χ0v) is 11.9. The van der Waals surface area contributed by atoms with Gasteiger partial charge in [0.25, 0.3) is 0 Å². The summed E-state index contributed by atoms with van der Waals surface area (Å²) in [5, 5.41) is 10.1. The van der Waals surface area contributed by atoms with Gasteiger partial charge in [-0.15, -0.1) is 0 Å². The summed E-state index contributed by atoms with van der Waals surface area (Å²) in [4.78, 5) is 13.9. The number of Topliss-reactive ketones (excluding diaryl/α,β-unsaturated/α-hetero) is 1. The molecular formula is C16H23NO2. The molecule has 1 aliphatic heterocycles. The van der Waals surface area contributed by atoms with Gasteiger partial charge in [0.15, 0.2) is 5.78 Å². The second-order valence-electron chi connectivity index (χ2n) is 5.66. The van der Waals surface area contributed by atoms with Crippen LogP contribution in [0.2, 0.25) is 0 Å². The van der Waals surface area contributed by atoms with Crippen molar-refractivity contribution in [2.45, 2.75) is 45.1 Å². The molecule has 1 N–H and O–H groups in total. The third kappa shape index (κ3) is 3.57. The van der Waals surface area contributed by atoms with Crippen molar-refractivity contribution < 1.29 is 9.90 Å². The Labute approximate surface area is 115 Å². The van der Waals surface area contributed by atoms with Crippen LogP contribution in [0.1, 0.15) is 49.9 Å². The summed E-state index contributed by atoms with van der Waals surface area (Å²) in [5.74, 6) is 0.186. The molecule has 0 bridgehead atoms. The average Bonchev–Trinajstić information content (AvgIpc) is 2.59. The fourth-order valence-corrected chi connectivity index (χ4v) is 2.58. The first kappa shape index (κ1) is 14.1. The monoisotopic (exact) mass is 261 g/mol. The third-order valence-electron chi connectivity index (χ3n) is 3.94. The molecule has 0 saturated carbocycles. The molecule has 1 aromatic rings. The van der Waals surface area contributed by atoms with Crippen molar-refractivity contribution in [3.63, 3.8) is 0 Å². The largest absolute Gasteiger partial charge is 0.390 e. The van der Waals surface area contributed by atoms with E-state index < -0.39 is 5.60 Å². The van der Waals surface area contributed by atoms with E-state index in [9.17, 15) is 9.90 Å². The highest BCUT2D eigenvalue weighted by Gasteiger charge is 2.24. The Morgan fingerprint density at radius 1 is 1.26 bits per heavy atom. The molecule has 1 aromatic carbocycles. The van der Waals surface area contributed by atoms with Gasteiger partial charge >= 0.3 is 0 Å². The number of nitrogens with zero attached hydrogens (tertiary/aromatic N) is 1. The Morgan fingerprint density at radius 2 is 1.95 bits per heavy atom. The molecule has 1 heterocycles. The summed E-state index contributed by atoms with van der Waals surface area (Å²) in [5.41, 5.74) is 1.39. The lowest BCUT2D eigenvalue weighted by molar-refractivity contribution is 0.0481. The molecular weight excluding hydrogens is 238 g/mol. The second-order valence-corrected chi connectivity index (χ2v) is 5.66. The van der Waals surface area contributed by atoms with Gasteiger partial charge in [-0.2, -0.15) is 0 Å². The topological polar surface area (TPSA) is 40.5 Å². The Balaban J connectivity index is 2.08. The van der Waals surface area contributed by atoms with E-state index in [1.54, 1.807) is 0 Å². The molecule has 1 fully saturated rings. The van der Waals surface area contributed by atoms with Crippen molar-refractivity contribution >= 4 is 11.5 Å². The number of benzene rings is 1. The number of rotatable bonds is 3. The van der Waals surface area contributed by atoms with Crippen LogP contribution in [0.5, 0.6) is 0 Å². The minimum atomic E-state index is -0.535. The Morgan fingerprint density at radius 3 is 2.58 bits per heavy atom. The maximum Gasteiger partial charge on any atom is 0.162 e. The van der Waals surface area contributed by atoms with Gasteiger partial charge in [0.05, 0.1) is 5.60 Å². The third-order valence-corrected chi connectivity index (χ3v) is 3.94. The molecule has 0 radical (unpaired) electrons. The lowest BCUT2D eigenvalue weighted by atomic mass is 9.98. The first-order valence-corrected chi connectivity index (χ1v) is 7.12. The number of ketones is 1. The number of carbonyl (C=O) groups is 1. The van der Waals surface area contributed by atoms with Gasteiger partial charge in [0.1, 0.15) is 0 Å². The number of anilines is 1. The average molecular weight is 261 g/mol. The molecule has 1 unspecified atom stereocenters. The molecule has 3 nitrogen and oxygen atoms in total. The van der Waals surface area contributed by atoms with Gasteiger partial charge < -0.3 is 10.0 Å². The highest BCUT2D eigenvalue weighted by atomic mass is 16.3. The van der Waals surface area contributed by atoms with E-state index in [2.05, 4.69) is 4.90 Å². The summed E-state index contributed by atoms with van der Waals surface area (Å²) in [6.07, 6.45) is 3.20. The fraction of sp³-hybridized carbons (Fsp3) is 0.562. The van der Waals surface area contributed by atoms with Crippen LogP contribution in [0.3, 0.4) is 0 Å². The van der Waals surface area contributed by atoms with Crippen LogP contribution < -0.4 is 4.90 Å². The molecule has 0 aliphatic carbocycles. The van der Waals surface area contributed by atoms with Gasteiger partial charge in [-0.1, -0.05) is 6.92 Å². The van der Waals surface area contributed by atoms with Crippen LogP contribution in [0.15, 0.2) is 24.3 Å². The summed E-state index contributed by atoms with van der Waals surface area (Å²) in [6, 6.07) is 7.85. The zero-order valence-electron chi connectivity index (χ0n) is 11.9. The molecule has 19 heavy (non-hydrogen) atoms. The Kier molecular flexibility index (Phi) is 4.25. The van der Waals surface area contributed by atoms with E-state index in [1.807, 2.05) is 38.1 Å². The molecule has 0 aromatic heterocycles. The van der Waals surface area contributed by atoms with Gasteiger partial charge in [-0.3, -0.25) is 4.79 Å². The lowest BCUT2D eigenvalue weighted by Gasteiger charge is -2.24. The first-order valence-electron chi connectivity index (χ1n) is 7.12. The van der Waals surface area contributed by atoms with Crippen LogP contribution in [0.4, 0.5) is 5.69 Å². The van der Waals surface area contributed by atoms with Gasteiger partial charge in [-0.05, 0) is 50.5 Å². The minimum absolute atomic E-state index is 0.186. The molecule has 0 amide bonds. The standard InChI is InChI=1S/C16H23NO2/c1-3-15(18)13-5-7-14(8-6-13)17-11-4-9-16(2,19)10-12-17/h5-8,19H,3-4,9-12H2,1-2H3. The maximum absolute atomic E-state index is 11.6. The highest BCUT2D eigenvalue weighted by molar-refractivity contribution is 5.96. The van der Waals surface area contributed by atoms with Crippen LogP contribution >= 0.6 is 0 Å². The van der Waals surface area contributed by atoms with Crippen LogP contribution in [-0.2, 0) is 0 Å². The normalized spacial score (nSPS) is 24.1. The van der Waals surface area contributed by atoms with Gasteiger partial charge in [0.2, 0.25) is 0 Å². The molecule has 0 spiro atoms.